The molecule has 0 spiro atoms. The van der Waals surface area contributed by atoms with Crippen molar-refractivity contribution in [1.82, 2.24) is 14.8 Å². The van der Waals surface area contributed by atoms with Crippen LogP contribution in [0.4, 0.5) is 5.69 Å². The second-order valence-corrected chi connectivity index (χ2v) is 8.14. The Bertz CT molecular complexity index is 1280. The summed E-state index contributed by atoms with van der Waals surface area (Å²) >= 11 is 0. The van der Waals surface area contributed by atoms with Crippen LogP contribution in [0.2, 0.25) is 0 Å². The number of furan rings is 1. The molecular formula is C24H24N4O2. The summed E-state index contributed by atoms with van der Waals surface area (Å²) in [6.07, 6.45) is 2.63. The second kappa shape index (κ2) is 6.83. The highest BCUT2D eigenvalue weighted by Gasteiger charge is 2.28. The van der Waals surface area contributed by atoms with Crippen LogP contribution in [0, 0.1) is 13.8 Å². The van der Waals surface area contributed by atoms with E-state index in [1.54, 1.807) is 6.20 Å². The lowest BCUT2D eigenvalue weighted by Crippen LogP contribution is -2.29. The molecule has 0 saturated heterocycles. The number of anilines is 1. The van der Waals surface area contributed by atoms with Crippen molar-refractivity contribution in [3.63, 3.8) is 0 Å². The van der Waals surface area contributed by atoms with Crippen LogP contribution in [0.15, 0.2) is 47.0 Å². The number of amides is 1. The van der Waals surface area contributed by atoms with Crippen molar-refractivity contribution < 1.29 is 9.21 Å². The van der Waals surface area contributed by atoms with Crippen LogP contribution in [0.1, 0.15) is 47.3 Å². The fourth-order valence-corrected chi connectivity index (χ4v) is 4.29. The molecule has 0 bridgehead atoms. The molecule has 152 valence electrons. The third-order valence-electron chi connectivity index (χ3n) is 5.74. The zero-order valence-corrected chi connectivity index (χ0v) is 17.6. The summed E-state index contributed by atoms with van der Waals surface area (Å²) in [5, 5.41) is 5.31. The molecule has 1 aliphatic rings. The summed E-state index contributed by atoms with van der Waals surface area (Å²) in [7, 11) is 0. The molecule has 0 unspecified atom stereocenters. The highest BCUT2D eigenvalue weighted by molar-refractivity contribution is 6.14. The average Bonchev–Trinajstić information content (AvgIpc) is 3.42. The Morgan fingerprint density at radius 3 is 2.70 bits per heavy atom. The zero-order chi connectivity index (χ0) is 21.0. The van der Waals surface area contributed by atoms with E-state index in [9.17, 15) is 4.79 Å². The maximum Gasteiger partial charge on any atom is 0.259 e. The number of nitrogens with zero attached hydrogens (tertiary/aromatic N) is 4. The van der Waals surface area contributed by atoms with Gasteiger partial charge in [-0.15, -0.1) is 0 Å². The molecule has 0 fully saturated rings. The molecule has 4 aromatic rings. The van der Waals surface area contributed by atoms with Crippen LogP contribution in [0.25, 0.3) is 22.3 Å². The van der Waals surface area contributed by atoms with E-state index in [1.807, 2.05) is 53.8 Å². The lowest BCUT2D eigenvalue weighted by molar-refractivity contribution is 0.0991. The van der Waals surface area contributed by atoms with Crippen molar-refractivity contribution in [2.45, 2.75) is 40.2 Å². The number of benzene rings is 1. The predicted octanol–water partition coefficient (Wildman–Crippen LogP) is 5.09. The minimum absolute atomic E-state index is 0.0187. The quantitative estimate of drug-likeness (QED) is 0.480. The van der Waals surface area contributed by atoms with Gasteiger partial charge in [0.05, 0.1) is 22.8 Å². The molecular weight excluding hydrogens is 376 g/mol. The van der Waals surface area contributed by atoms with Gasteiger partial charge in [-0.3, -0.25) is 4.79 Å². The number of hydrogen-bond donors (Lipinski definition) is 0. The second-order valence-electron chi connectivity index (χ2n) is 8.14. The summed E-state index contributed by atoms with van der Waals surface area (Å²) in [4.78, 5) is 20.5. The number of aryl methyl sites for hydroxylation is 2. The average molecular weight is 400 g/mol. The van der Waals surface area contributed by atoms with Gasteiger partial charge < -0.3 is 9.32 Å². The molecule has 4 heterocycles. The molecule has 5 rings (SSSR count). The molecule has 6 heteroatoms. The first-order valence-corrected chi connectivity index (χ1v) is 10.3. The van der Waals surface area contributed by atoms with Gasteiger partial charge in [0.1, 0.15) is 11.5 Å². The van der Waals surface area contributed by atoms with Crippen molar-refractivity contribution in [2.75, 3.05) is 11.4 Å². The van der Waals surface area contributed by atoms with Crippen molar-refractivity contribution in [3.05, 3.63) is 65.2 Å². The molecule has 0 N–H and O–H groups in total. The minimum atomic E-state index is -0.0187. The number of rotatable bonds is 3. The highest BCUT2D eigenvalue weighted by atomic mass is 16.3. The monoisotopic (exact) mass is 400 g/mol. The third-order valence-corrected chi connectivity index (χ3v) is 5.74. The Morgan fingerprint density at radius 2 is 1.97 bits per heavy atom. The van der Waals surface area contributed by atoms with Gasteiger partial charge in [0.25, 0.3) is 5.91 Å². The van der Waals surface area contributed by atoms with Crippen LogP contribution in [0.3, 0.4) is 0 Å². The number of pyridine rings is 1. The Morgan fingerprint density at radius 1 is 1.17 bits per heavy atom. The van der Waals surface area contributed by atoms with Crippen molar-refractivity contribution in [1.29, 1.82) is 0 Å². The smallest absolute Gasteiger partial charge is 0.259 e. The highest BCUT2D eigenvalue weighted by Crippen LogP contribution is 2.33. The Balaban J connectivity index is 1.71. The number of carbonyl (C=O) groups is 1. The topological polar surface area (TPSA) is 64.2 Å². The van der Waals surface area contributed by atoms with Crippen LogP contribution in [-0.4, -0.2) is 27.2 Å². The third kappa shape index (κ3) is 2.83. The summed E-state index contributed by atoms with van der Waals surface area (Å²) in [5.74, 6) is 1.60. The Labute approximate surface area is 175 Å². The molecule has 6 nitrogen and oxygen atoms in total. The summed E-state index contributed by atoms with van der Waals surface area (Å²) in [6.45, 7) is 8.64. The number of fused-ring (bicyclic) bond motifs is 2. The van der Waals surface area contributed by atoms with E-state index in [2.05, 4.69) is 25.0 Å². The van der Waals surface area contributed by atoms with Crippen molar-refractivity contribution in [2.24, 2.45) is 0 Å². The van der Waals surface area contributed by atoms with Gasteiger partial charge in [-0.2, -0.15) is 5.10 Å². The number of para-hydroxylation sites is 1. The maximum atomic E-state index is 13.7. The lowest BCUT2D eigenvalue weighted by Gasteiger charge is -2.18. The van der Waals surface area contributed by atoms with E-state index in [0.29, 0.717) is 12.1 Å². The van der Waals surface area contributed by atoms with Crippen LogP contribution >= 0.6 is 0 Å². The molecule has 1 aromatic carbocycles. The first-order chi connectivity index (χ1) is 14.4. The first kappa shape index (κ1) is 18.6. The Kier molecular flexibility index (Phi) is 4.24. The van der Waals surface area contributed by atoms with Crippen LogP contribution < -0.4 is 4.90 Å². The van der Waals surface area contributed by atoms with Crippen LogP contribution in [0.5, 0.6) is 0 Å². The molecule has 0 radical (unpaired) electrons. The van der Waals surface area contributed by atoms with Gasteiger partial charge in [-0.25, -0.2) is 9.67 Å². The van der Waals surface area contributed by atoms with E-state index in [-0.39, 0.29) is 11.9 Å². The molecule has 0 atom stereocenters. The fraction of sp³-hybridized carbons (Fsp3) is 0.292. The largest absolute Gasteiger partial charge is 0.466 e. The molecule has 1 amide bonds. The lowest BCUT2D eigenvalue weighted by atomic mass is 10.1. The minimum Gasteiger partial charge on any atom is -0.466 e. The summed E-state index contributed by atoms with van der Waals surface area (Å²) in [5.41, 5.74) is 5.17. The van der Waals surface area contributed by atoms with Gasteiger partial charge in [0, 0.05) is 23.8 Å². The van der Waals surface area contributed by atoms with Gasteiger partial charge in [0.2, 0.25) is 0 Å². The number of hydrogen-bond acceptors (Lipinski definition) is 4. The fourth-order valence-electron chi connectivity index (χ4n) is 4.29. The van der Waals surface area contributed by atoms with E-state index in [1.165, 1.54) is 5.56 Å². The molecule has 0 aliphatic carbocycles. The maximum absolute atomic E-state index is 13.7. The predicted molar refractivity (Wildman–Crippen MR) is 117 cm³/mol. The van der Waals surface area contributed by atoms with Crippen molar-refractivity contribution in [3.8, 4) is 11.3 Å². The normalized spacial score (nSPS) is 13.4. The Hall–Kier alpha value is -3.41. The van der Waals surface area contributed by atoms with E-state index < -0.39 is 0 Å². The van der Waals surface area contributed by atoms with Gasteiger partial charge in [-0.05, 0) is 57.9 Å². The SMILES string of the molecule is Cc1cc(-c2cc(C(=O)N3CCc4ccccc43)c3cnn(C(C)C)c3n2)c(C)o1. The molecule has 1 aliphatic heterocycles. The van der Waals surface area contributed by atoms with E-state index >= 15 is 0 Å². The molecule has 30 heavy (non-hydrogen) atoms. The van der Waals surface area contributed by atoms with E-state index in [0.717, 1.165) is 45.9 Å². The first-order valence-electron chi connectivity index (χ1n) is 10.3. The van der Waals surface area contributed by atoms with Gasteiger partial charge >= 0.3 is 0 Å². The molecule has 3 aromatic heterocycles. The van der Waals surface area contributed by atoms with Gasteiger partial charge in [-0.1, -0.05) is 18.2 Å². The number of aromatic nitrogens is 3. The van der Waals surface area contributed by atoms with Crippen LogP contribution in [-0.2, 0) is 6.42 Å². The zero-order valence-electron chi connectivity index (χ0n) is 17.6. The number of carbonyl (C=O) groups excluding carboxylic acids is 1. The standard InChI is InChI=1S/C24H24N4O2/c1-14(2)28-23-20(13-25-28)19(12-21(26-23)18-11-15(3)30-16(18)4)24(29)27-10-9-17-7-5-6-8-22(17)27/h5-8,11-14H,9-10H2,1-4H3. The molecule has 0 saturated carbocycles. The van der Waals surface area contributed by atoms with Crippen molar-refractivity contribution >= 4 is 22.6 Å². The van der Waals surface area contributed by atoms with Gasteiger partial charge in [0.15, 0.2) is 5.65 Å². The summed E-state index contributed by atoms with van der Waals surface area (Å²) < 4.78 is 7.60. The van der Waals surface area contributed by atoms with E-state index in [4.69, 9.17) is 9.40 Å². The summed E-state index contributed by atoms with van der Waals surface area (Å²) in [6, 6.07) is 12.1.